The zero-order valence-corrected chi connectivity index (χ0v) is 10.6. The van der Waals surface area contributed by atoms with Crippen LogP contribution in [0.5, 0.6) is 0 Å². The Bertz CT molecular complexity index is 236. The van der Waals surface area contributed by atoms with Crippen molar-refractivity contribution >= 4 is 32.2 Å². The van der Waals surface area contributed by atoms with Gasteiger partial charge in [-0.25, -0.2) is 0 Å². The van der Waals surface area contributed by atoms with Crippen LogP contribution < -0.4 is 0 Å². The van der Waals surface area contributed by atoms with Crippen molar-refractivity contribution in [3.05, 3.63) is 47.5 Å². The molecule has 0 radical (unpaired) electrons. The number of halogens is 2. The predicted molar refractivity (Wildman–Crippen MR) is 61.1 cm³/mol. The Morgan fingerprint density at radius 3 is 2.42 bits per heavy atom. The van der Waals surface area contributed by atoms with Gasteiger partial charge in [0.1, 0.15) is 9.55 Å². The second-order valence-corrected chi connectivity index (χ2v) is 2.49. The topological polar surface area (TPSA) is 0 Å². The summed E-state index contributed by atoms with van der Waals surface area (Å²) in [4.78, 5) is 0. The normalized spacial score (nSPS) is 8.50. The summed E-state index contributed by atoms with van der Waals surface area (Å²) in [6.07, 6.45) is 2.70. The van der Waals surface area contributed by atoms with Gasteiger partial charge in [-0.3, -0.25) is 0 Å². The molecule has 0 aliphatic rings. The summed E-state index contributed by atoms with van der Waals surface area (Å²) in [6.45, 7) is 3.64. The van der Waals surface area contributed by atoms with Crippen molar-refractivity contribution in [3.8, 4) is 0 Å². The van der Waals surface area contributed by atoms with Crippen LogP contribution in [0, 0.1) is 0 Å². The van der Waals surface area contributed by atoms with Crippen molar-refractivity contribution in [3.63, 3.8) is 0 Å². The minimum atomic E-state index is 0.778. The molecule has 1 aromatic rings. The van der Waals surface area contributed by atoms with Gasteiger partial charge in [0.05, 0.1) is 0 Å². The summed E-state index contributed by atoms with van der Waals surface area (Å²) >= 11 is 10.6. The van der Waals surface area contributed by atoms with Crippen LogP contribution in [-0.2, 0) is 6.42 Å². The minimum absolute atomic E-state index is 0.778. The molecule has 0 aromatic heterocycles. The zero-order chi connectivity index (χ0) is 9.40. The lowest BCUT2D eigenvalue weighted by molar-refractivity contribution is 1.28. The molecule has 0 N–H and O–H groups in total. The van der Waals surface area contributed by atoms with Crippen molar-refractivity contribution in [2.45, 2.75) is 6.42 Å². The van der Waals surface area contributed by atoms with Gasteiger partial charge in [0.15, 0.2) is 0 Å². The van der Waals surface area contributed by atoms with E-state index in [2.05, 4.69) is 6.58 Å². The molecule has 0 aliphatic heterocycles. The Morgan fingerprint density at radius 1 is 1.33 bits per heavy atom. The number of hydrogen-bond acceptors (Lipinski definition) is 0. The highest BCUT2D eigenvalue weighted by Gasteiger charge is 1.93. The largest absolute Gasteiger partial charge is 0.181 e. The fraction of sp³-hybridized carbons (Fsp3) is 0.111. The van der Waals surface area contributed by atoms with Gasteiger partial charge in [0.2, 0.25) is 0 Å². The molecule has 0 atom stereocenters. The molecule has 0 bridgehead atoms. The van der Waals surface area contributed by atoms with Crippen LogP contribution in [-0.4, -0.2) is 9.55 Å². The highest BCUT2D eigenvalue weighted by Crippen LogP contribution is 2.14. The maximum absolute atomic E-state index is 5.86. The van der Waals surface area contributed by atoms with Gasteiger partial charge < -0.3 is 0 Å². The predicted octanol–water partition coefficient (Wildman–Crippen LogP) is 2.57. The number of allylic oxidation sites excluding steroid dienone is 1. The van der Waals surface area contributed by atoms with Crippen LogP contribution in [0.15, 0.2) is 36.9 Å². The van der Waals surface area contributed by atoms with E-state index in [0.29, 0.717) is 0 Å². The van der Waals surface area contributed by atoms with Crippen molar-refractivity contribution in [1.82, 2.24) is 0 Å². The lowest BCUT2D eigenvalue weighted by Crippen LogP contribution is -1.79. The molecular weight excluding hydrogens is 207 g/mol. The van der Waals surface area contributed by atoms with Crippen molar-refractivity contribution < 1.29 is 0 Å². The third-order valence-electron chi connectivity index (χ3n) is 1.32. The lowest BCUT2D eigenvalue weighted by atomic mass is 10.1. The van der Waals surface area contributed by atoms with E-state index >= 15 is 0 Å². The monoisotopic (exact) mass is 218 g/mol. The Kier molecular flexibility index (Phi) is 7.26. The van der Waals surface area contributed by atoms with E-state index in [4.69, 9.17) is 22.7 Å². The summed E-state index contributed by atoms with van der Waals surface area (Å²) in [5, 5.41) is 0.822. The van der Waals surface area contributed by atoms with Crippen LogP contribution in [0.1, 0.15) is 5.56 Å². The van der Waals surface area contributed by atoms with Gasteiger partial charge in [-0.1, -0.05) is 35.9 Å². The van der Waals surface area contributed by atoms with Gasteiger partial charge in [0.25, 0.3) is 0 Å². The molecule has 0 fully saturated rings. The van der Waals surface area contributed by atoms with Crippen LogP contribution in [0.3, 0.4) is 0 Å². The minimum Gasteiger partial charge on any atom is -0.181 e. The Hall–Kier alpha value is -0.243. The van der Waals surface area contributed by atoms with Gasteiger partial charge >= 0.3 is 0 Å². The third kappa shape index (κ3) is 3.95. The molecule has 0 spiro atoms. The highest BCUT2D eigenvalue weighted by atomic mass is 35.6. The molecule has 0 unspecified atom stereocenters. The lowest BCUT2D eigenvalue weighted by Gasteiger charge is -1.97. The van der Waals surface area contributed by atoms with Gasteiger partial charge in [-0.2, -0.15) is 11.1 Å². The summed E-state index contributed by atoms with van der Waals surface area (Å²) in [5.74, 6) is 0. The SMILES string of the molecule is C=CCc1ccccc1Cl.[SiH3]Cl. The van der Waals surface area contributed by atoms with Gasteiger partial charge in [0, 0.05) is 5.02 Å². The van der Waals surface area contributed by atoms with Crippen LogP contribution in [0.25, 0.3) is 0 Å². The van der Waals surface area contributed by atoms with E-state index < -0.39 is 0 Å². The zero-order valence-electron chi connectivity index (χ0n) is 7.06. The Morgan fingerprint density at radius 2 is 1.92 bits per heavy atom. The molecule has 0 saturated heterocycles. The first-order valence-electron chi connectivity index (χ1n) is 3.56. The maximum atomic E-state index is 5.86. The van der Waals surface area contributed by atoms with E-state index in [9.17, 15) is 0 Å². The highest BCUT2D eigenvalue weighted by molar-refractivity contribution is 6.80. The average Bonchev–Trinajstić information content (AvgIpc) is 2.13. The van der Waals surface area contributed by atoms with E-state index in [0.717, 1.165) is 26.6 Å². The molecule has 3 heteroatoms. The second-order valence-electron chi connectivity index (χ2n) is 2.08. The fourth-order valence-corrected chi connectivity index (χ4v) is 1.03. The quantitative estimate of drug-likeness (QED) is 0.407. The van der Waals surface area contributed by atoms with Crippen LogP contribution in [0.4, 0.5) is 0 Å². The first kappa shape index (κ1) is 11.8. The van der Waals surface area contributed by atoms with Crippen molar-refractivity contribution in [2.75, 3.05) is 0 Å². The Labute approximate surface area is 86.3 Å². The summed E-state index contributed by atoms with van der Waals surface area (Å²) < 4.78 is 0. The molecular formula is C9H12Cl2Si. The maximum Gasteiger partial charge on any atom is 0.109 e. The molecule has 0 nitrogen and oxygen atoms in total. The number of benzene rings is 1. The van der Waals surface area contributed by atoms with E-state index in [1.54, 1.807) is 0 Å². The fourth-order valence-electron chi connectivity index (χ4n) is 0.819. The molecule has 0 saturated carbocycles. The Balaban J connectivity index is 0.000000561. The molecule has 1 rings (SSSR count). The van der Waals surface area contributed by atoms with Gasteiger partial charge in [-0.05, 0) is 18.1 Å². The van der Waals surface area contributed by atoms with E-state index in [1.165, 1.54) is 0 Å². The molecule has 12 heavy (non-hydrogen) atoms. The van der Waals surface area contributed by atoms with E-state index in [-0.39, 0.29) is 0 Å². The van der Waals surface area contributed by atoms with Crippen LogP contribution >= 0.6 is 22.7 Å². The summed E-state index contributed by atoms with van der Waals surface area (Å²) in [7, 11) is 0.778. The van der Waals surface area contributed by atoms with E-state index in [1.807, 2.05) is 30.3 Å². The first-order valence-corrected chi connectivity index (χ1v) is 6.97. The van der Waals surface area contributed by atoms with Crippen molar-refractivity contribution in [1.29, 1.82) is 0 Å². The van der Waals surface area contributed by atoms with Crippen molar-refractivity contribution in [2.24, 2.45) is 0 Å². The standard InChI is InChI=1S/C9H9Cl.ClH3Si/c1-2-5-8-6-3-4-7-9(8)10;1-2/h2-4,6-7H,1,5H2;2H3. The number of rotatable bonds is 2. The number of hydrogen-bond donors (Lipinski definition) is 0. The smallest absolute Gasteiger partial charge is 0.109 e. The molecule has 0 amide bonds. The molecule has 66 valence electrons. The van der Waals surface area contributed by atoms with Gasteiger partial charge in [-0.15, -0.1) is 6.58 Å². The summed E-state index contributed by atoms with van der Waals surface area (Å²) in [6, 6.07) is 7.80. The average molecular weight is 219 g/mol. The second kappa shape index (κ2) is 7.41. The third-order valence-corrected chi connectivity index (χ3v) is 1.69. The first-order chi connectivity index (χ1) is 5.84. The van der Waals surface area contributed by atoms with Crippen LogP contribution in [0.2, 0.25) is 5.02 Å². The molecule has 0 aliphatic carbocycles. The molecule has 1 aromatic carbocycles. The molecule has 0 heterocycles. The summed E-state index contributed by atoms with van der Waals surface area (Å²) in [5.41, 5.74) is 1.14.